The van der Waals surface area contributed by atoms with E-state index in [-0.39, 0.29) is 30.6 Å². The number of hydrogen-bond acceptors (Lipinski definition) is 3. The van der Waals surface area contributed by atoms with Gasteiger partial charge in [-0.05, 0) is 31.4 Å². The lowest BCUT2D eigenvalue weighted by atomic mass is 9.69. The number of aromatic nitrogens is 1. The number of aromatic carboxylic acids is 1. The van der Waals surface area contributed by atoms with Gasteiger partial charge in [0.1, 0.15) is 5.69 Å². The number of carbonyl (C=O) groups excluding carboxylic acids is 1. The molecule has 118 valence electrons. The van der Waals surface area contributed by atoms with E-state index in [1.807, 2.05) is 0 Å². The number of amides is 1. The van der Waals surface area contributed by atoms with Gasteiger partial charge >= 0.3 is 5.97 Å². The first kappa shape index (κ1) is 14.9. The number of carboxylic acids is 1. The molecule has 2 aliphatic rings. The molecule has 1 spiro atoms. The van der Waals surface area contributed by atoms with E-state index in [0.29, 0.717) is 12.8 Å². The Morgan fingerprint density at radius 1 is 1.23 bits per heavy atom. The number of likely N-dealkylation sites (tertiary alicyclic amines) is 1. The summed E-state index contributed by atoms with van der Waals surface area (Å²) in [6, 6.07) is 2.64. The van der Waals surface area contributed by atoms with E-state index in [1.165, 1.54) is 17.0 Å². The van der Waals surface area contributed by atoms with Crippen LogP contribution in [0, 0.1) is 0 Å². The van der Waals surface area contributed by atoms with Crippen molar-refractivity contribution in [3.8, 4) is 0 Å². The molecule has 0 bridgehead atoms. The monoisotopic (exact) mass is 310 g/mol. The van der Waals surface area contributed by atoms with Gasteiger partial charge in [-0.1, -0.05) is 0 Å². The van der Waals surface area contributed by atoms with Crippen molar-refractivity contribution in [2.75, 3.05) is 6.54 Å². The fourth-order valence-corrected chi connectivity index (χ4v) is 3.31. The van der Waals surface area contributed by atoms with Gasteiger partial charge in [0.25, 0.3) is 11.8 Å². The lowest BCUT2D eigenvalue weighted by Gasteiger charge is -2.54. The predicted molar refractivity (Wildman–Crippen MR) is 73.0 cm³/mol. The lowest BCUT2D eigenvalue weighted by molar-refractivity contribution is -0.125. The van der Waals surface area contributed by atoms with Crippen LogP contribution < -0.4 is 0 Å². The molecule has 5 nitrogen and oxygen atoms in total. The van der Waals surface area contributed by atoms with Crippen LogP contribution in [0.3, 0.4) is 0 Å². The molecule has 0 atom stereocenters. The first-order valence-electron chi connectivity index (χ1n) is 7.22. The zero-order chi connectivity index (χ0) is 16.0. The number of hydrogen-bond donors (Lipinski definition) is 1. The van der Waals surface area contributed by atoms with Gasteiger partial charge in [0, 0.05) is 31.1 Å². The summed E-state index contributed by atoms with van der Waals surface area (Å²) < 4.78 is 27.4. The Bertz CT molecular complexity index is 612. The number of piperidine rings is 1. The Balaban J connectivity index is 1.83. The van der Waals surface area contributed by atoms with Crippen LogP contribution in [0.2, 0.25) is 0 Å². The minimum atomic E-state index is -2.72. The second kappa shape index (κ2) is 5.00. The van der Waals surface area contributed by atoms with Crippen molar-refractivity contribution in [1.29, 1.82) is 0 Å². The first-order chi connectivity index (χ1) is 10.3. The van der Waals surface area contributed by atoms with Crippen LogP contribution in [-0.4, -0.2) is 44.9 Å². The van der Waals surface area contributed by atoms with E-state index >= 15 is 0 Å². The Hall–Kier alpha value is -2.05. The molecule has 2 fully saturated rings. The molecule has 1 aromatic rings. The van der Waals surface area contributed by atoms with Crippen LogP contribution in [0.1, 0.15) is 53.0 Å². The largest absolute Gasteiger partial charge is 0.478 e. The summed E-state index contributed by atoms with van der Waals surface area (Å²) in [5, 5.41) is 8.83. The maximum Gasteiger partial charge on any atom is 0.337 e. The fourth-order valence-electron chi connectivity index (χ4n) is 3.31. The summed E-state index contributed by atoms with van der Waals surface area (Å²) >= 11 is 0. The maximum absolute atomic E-state index is 13.7. The summed E-state index contributed by atoms with van der Waals surface area (Å²) in [4.78, 5) is 28.8. The molecule has 7 heteroatoms. The Morgan fingerprint density at radius 2 is 1.95 bits per heavy atom. The number of nitrogens with zero attached hydrogens (tertiary/aromatic N) is 2. The van der Waals surface area contributed by atoms with Crippen LogP contribution in [0.5, 0.6) is 0 Å². The number of halogens is 2. The first-order valence-corrected chi connectivity index (χ1v) is 7.22. The van der Waals surface area contributed by atoms with Crippen molar-refractivity contribution >= 4 is 11.9 Å². The van der Waals surface area contributed by atoms with Gasteiger partial charge in [-0.25, -0.2) is 13.6 Å². The van der Waals surface area contributed by atoms with Crippen molar-refractivity contribution in [2.24, 2.45) is 0 Å². The summed E-state index contributed by atoms with van der Waals surface area (Å²) in [6.07, 6.45) is 2.49. The van der Waals surface area contributed by atoms with E-state index in [0.717, 1.165) is 12.6 Å². The van der Waals surface area contributed by atoms with E-state index < -0.39 is 23.3 Å². The average molecular weight is 310 g/mol. The van der Waals surface area contributed by atoms with Crippen molar-refractivity contribution in [1.82, 2.24) is 9.88 Å². The highest BCUT2D eigenvalue weighted by Gasteiger charge is 2.54. The molecule has 1 N–H and O–H groups in total. The van der Waals surface area contributed by atoms with Crippen LogP contribution in [0.25, 0.3) is 0 Å². The molecule has 1 aliphatic carbocycles. The topological polar surface area (TPSA) is 70.5 Å². The van der Waals surface area contributed by atoms with Gasteiger partial charge in [0.15, 0.2) is 0 Å². The molecule has 0 radical (unpaired) electrons. The van der Waals surface area contributed by atoms with Gasteiger partial charge < -0.3 is 10.0 Å². The van der Waals surface area contributed by atoms with Crippen LogP contribution >= 0.6 is 0 Å². The third kappa shape index (κ3) is 2.44. The van der Waals surface area contributed by atoms with E-state index in [9.17, 15) is 18.4 Å². The van der Waals surface area contributed by atoms with E-state index in [2.05, 4.69) is 4.98 Å². The van der Waals surface area contributed by atoms with Crippen LogP contribution in [0.4, 0.5) is 8.78 Å². The lowest BCUT2D eigenvalue weighted by Crippen LogP contribution is -2.62. The smallest absolute Gasteiger partial charge is 0.337 e. The molecule has 1 aromatic heterocycles. The summed E-state index contributed by atoms with van der Waals surface area (Å²) in [5.74, 6) is -4.25. The fraction of sp³-hybridized carbons (Fsp3) is 0.533. The normalized spacial score (nSPS) is 22.2. The highest BCUT2D eigenvalue weighted by molar-refractivity contribution is 5.94. The summed E-state index contributed by atoms with van der Waals surface area (Å²) in [6.45, 7) is 0.00813. The number of rotatable bonds is 2. The average Bonchev–Trinajstić information content (AvgIpc) is 2.44. The SMILES string of the molecule is O=C(O)c1ccc(C(=O)N2CCC(F)(F)CC23CCC3)nc1. The number of alkyl halides is 2. The molecular weight excluding hydrogens is 294 g/mol. The molecule has 1 saturated heterocycles. The zero-order valence-corrected chi connectivity index (χ0v) is 11.9. The highest BCUT2D eigenvalue weighted by Crippen LogP contribution is 2.49. The van der Waals surface area contributed by atoms with Crippen molar-refractivity contribution in [3.63, 3.8) is 0 Å². The Kier molecular flexibility index (Phi) is 3.38. The quantitative estimate of drug-likeness (QED) is 0.911. The number of pyridine rings is 1. The Morgan fingerprint density at radius 3 is 2.45 bits per heavy atom. The number of carboxylic acid groups (broad SMARTS) is 1. The molecule has 1 aliphatic heterocycles. The summed E-state index contributed by atoms with van der Waals surface area (Å²) in [7, 11) is 0. The molecule has 1 saturated carbocycles. The van der Waals surface area contributed by atoms with Gasteiger partial charge in [-0.15, -0.1) is 0 Å². The molecule has 0 aromatic carbocycles. The molecule has 22 heavy (non-hydrogen) atoms. The minimum Gasteiger partial charge on any atom is -0.478 e. The minimum absolute atomic E-state index is 0.00813. The van der Waals surface area contributed by atoms with Crippen molar-refractivity contribution < 1.29 is 23.5 Å². The second-order valence-corrected chi connectivity index (χ2v) is 6.05. The van der Waals surface area contributed by atoms with Gasteiger partial charge in [-0.3, -0.25) is 9.78 Å². The highest BCUT2D eigenvalue weighted by atomic mass is 19.3. The van der Waals surface area contributed by atoms with Gasteiger partial charge in [0.2, 0.25) is 0 Å². The third-order valence-corrected chi connectivity index (χ3v) is 4.62. The van der Waals surface area contributed by atoms with Crippen molar-refractivity contribution in [3.05, 3.63) is 29.6 Å². The Labute approximate surface area is 125 Å². The molecule has 3 rings (SSSR count). The summed E-state index contributed by atoms with van der Waals surface area (Å²) in [5.41, 5.74) is -0.673. The standard InChI is InChI=1S/C15H16F2N2O3/c16-15(17)6-7-19(14(9-15)4-1-5-14)12(20)11-3-2-10(8-18-11)13(21)22/h2-3,8H,1,4-7,9H2,(H,21,22). The maximum atomic E-state index is 13.7. The third-order valence-electron chi connectivity index (χ3n) is 4.62. The van der Waals surface area contributed by atoms with E-state index in [4.69, 9.17) is 5.11 Å². The van der Waals surface area contributed by atoms with E-state index in [1.54, 1.807) is 0 Å². The molecular formula is C15H16F2N2O3. The van der Waals surface area contributed by atoms with Gasteiger partial charge in [0.05, 0.1) is 5.56 Å². The van der Waals surface area contributed by atoms with Crippen LogP contribution in [-0.2, 0) is 0 Å². The molecule has 1 amide bonds. The second-order valence-electron chi connectivity index (χ2n) is 6.05. The predicted octanol–water partition coefficient (Wildman–Crippen LogP) is 2.57. The van der Waals surface area contributed by atoms with Gasteiger partial charge in [-0.2, -0.15) is 0 Å². The zero-order valence-electron chi connectivity index (χ0n) is 11.9. The molecule has 2 heterocycles. The van der Waals surface area contributed by atoms with Crippen molar-refractivity contribution in [2.45, 2.75) is 43.6 Å². The van der Waals surface area contributed by atoms with Crippen LogP contribution in [0.15, 0.2) is 18.3 Å². The number of carbonyl (C=O) groups is 2. The molecule has 0 unspecified atom stereocenters.